The molecule has 13 heteroatoms. The lowest BCUT2D eigenvalue weighted by Crippen LogP contribution is -2.65. The number of carboxylic acids is 1. The third-order valence-electron chi connectivity index (χ3n) is 5.87. The van der Waals surface area contributed by atoms with Crippen LogP contribution in [0.5, 0.6) is 5.88 Å². The number of alkyl halides is 3. The lowest BCUT2D eigenvalue weighted by Gasteiger charge is -2.50. The SMILES string of the molecule is COc1cc(N2CC3(C2)OCCC3CCNC(=O)c2cccn2C)ncn1.O=C(O)C(F)(F)F. The van der Waals surface area contributed by atoms with E-state index < -0.39 is 12.1 Å². The zero-order valence-corrected chi connectivity index (χ0v) is 18.7. The molecule has 2 fully saturated rings. The molecule has 1 spiro atoms. The van der Waals surface area contributed by atoms with Crippen molar-refractivity contribution in [3.8, 4) is 5.88 Å². The van der Waals surface area contributed by atoms with E-state index in [2.05, 4.69) is 20.2 Å². The Morgan fingerprint density at radius 1 is 1.35 bits per heavy atom. The number of carboxylic acid groups (broad SMARTS) is 1. The summed E-state index contributed by atoms with van der Waals surface area (Å²) in [6.45, 7) is 3.05. The molecular formula is C21H26F3N5O5. The van der Waals surface area contributed by atoms with Crippen molar-refractivity contribution in [1.29, 1.82) is 0 Å². The number of hydrogen-bond donors (Lipinski definition) is 2. The van der Waals surface area contributed by atoms with Gasteiger partial charge in [-0.25, -0.2) is 14.8 Å². The fourth-order valence-corrected chi connectivity index (χ4v) is 4.07. The summed E-state index contributed by atoms with van der Waals surface area (Å²) >= 11 is 0. The summed E-state index contributed by atoms with van der Waals surface area (Å²) in [5.41, 5.74) is 0.549. The molecule has 1 atom stereocenters. The van der Waals surface area contributed by atoms with E-state index >= 15 is 0 Å². The molecular weight excluding hydrogens is 459 g/mol. The van der Waals surface area contributed by atoms with Crippen molar-refractivity contribution in [3.05, 3.63) is 36.4 Å². The van der Waals surface area contributed by atoms with E-state index in [1.54, 1.807) is 7.11 Å². The highest BCUT2D eigenvalue weighted by molar-refractivity contribution is 5.92. The summed E-state index contributed by atoms with van der Waals surface area (Å²) in [4.78, 5) is 31.7. The molecule has 34 heavy (non-hydrogen) atoms. The first-order valence-electron chi connectivity index (χ1n) is 10.5. The zero-order valence-electron chi connectivity index (χ0n) is 18.7. The summed E-state index contributed by atoms with van der Waals surface area (Å²) in [5.74, 6) is -0.926. The Morgan fingerprint density at radius 3 is 2.65 bits per heavy atom. The molecule has 0 aromatic carbocycles. The van der Waals surface area contributed by atoms with E-state index in [0.29, 0.717) is 24.0 Å². The topological polar surface area (TPSA) is 119 Å². The summed E-state index contributed by atoms with van der Waals surface area (Å²) < 4.78 is 44.9. The molecule has 0 aliphatic carbocycles. The number of amides is 1. The van der Waals surface area contributed by atoms with Crippen molar-refractivity contribution in [2.45, 2.75) is 24.6 Å². The Labute approximate surface area is 193 Å². The lowest BCUT2D eigenvalue weighted by atomic mass is 9.79. The Bertz CT molecular complexity index is 1010. The van der Waals surface area contributed by atoms with Gasteiger partial charge in [-0.3, -0.25) is 4.79 Å². The van der Waals surface area contributed by atoms with Gasteiger partial charge in [0.1, 0.15) is 23.4 Å². The average Bonchev–Trinajstić information content (AvgIpc) is 3.38. The van der Waals surface area contributed by atoms with E-state index in [-0.39, 0.29) is 11.5 Å². The predicted molar refractivity (Wildman–Crippen MR) is 114 cm³/mol. The molecule has 10 nitrogen and oxygen atoms in total. The van der Waals surface area contributed by atoms with E-state index in [9.17, 15) is 18.0 Å². The van der Waals surface area contributed by atoms with Crippen molar-refractivity contribution in [3.63, 3.8) is 0 Å². The average molecular weight is 485 g/mol. The van der Waals surface area contributed by atoms with E-state index in [0.717, 1.165) is 38.4 Å². The minimum absolute atomic E-state index is 0.0289. The highest BCUT2D eigenvalue weighted by atomic mass is 19.4. The summed E-state index contributed by atoms with van der Waals surface area (Å²) in [5, 5.41) is 10.2. The predicted octanol–water partition coefficient (Wildman–Crippen LogP) is 1.87. The maximum Gasteiger partial charge on any atom is 0.490 e. The monoisotopic (exact) mass is 485 g/mol. The first kappa shape index (κ1) is 25.3. The zero-order chi connectivity index (χ0) is 24.9. The fraction of sp³-hybridized carbons (Fsp3) is 0.524. The second kappa shape index (κ2) is 10.3. The number of nitrogens with zero attached hydrogens (tertiary/aromatic N) is 4. The Hall–Kier alpha value is -3.35. The molecule has 2 saturated heterocycles. The van der Waals surface area contributed by atoms with Crippen LogP contribution in [0.1, 0.15) is 23.3 Å². The molecule has 0 radical (unpaired) electrons. The van der Waals surface area contributed by atoms with Gasteiger partial charge in [0.25, 0.3) is 5.91 Å². The normalized spacial score (nSPS) is 18.6. The number of carbonyl (C=O) groups excluding carboxylic acids is 1. The minimum Gasteiger partial charge on any atom is -0.481 e. The third kappa shape index (κ3) is 5.76. The lowest BCUT2D eigenvalue weighted by molar-refractivity contribution is -0.192. The van der Waals surface area contributed by atoms with Gasteiger partial charge in [-0.1, -0.05) is 0 Å². The number of hydrogen-bond acceptors (Lipinski definition) is 7. The van der Waals surface area contributed by atoms with Crippen LogP contribution in [0.4, 0.5) is 19.0 Å². The van der Waals surface area contributed by atoms with Crippen molar-refractivity contribution >= 4 is 17.7 Å². The molecule has 0 saturated carbocycles. The number of aromatic nitrogens is 3. The molecule has 2 aliphatic heterocycles. The Morgan fingerprint density at radius 2 is 2.06 bits per heavy atom. The van der Waals surface area contributed by atoms with Gasteiger partial charge in [-0.05, 0) is 30.9 Å². The van der Waals surface area contributed by atoms with Gasteiger partial charge in [0.15, 0.2) is 0 Å². The van der Waals surface area contributed by atoms with Crippen LogP contribution in [0.3, 0.4) is 0 Å². The van der Waals surface area contributed by atoms with E-state index in [1.165, 1.54) is 6.33 Å². The number of methoxy groups -OCH3 is 1. The first-order chi connectivity index (χ1) is 16.1. The largest absolute Gasteiger partial charge is 0.490 e. The highest BCUT2D eigenvalue weighted by Crippen LogP contribution is 2.43. The number of rotatable bonds is 6. The number of carbonyl (C=O) groups is 2. The summed E-state index contributed by atoms with van der Waals surface area (Å²) in [6, 6.07) is 5.55. The van der Waals surface area contributed by atoms with Crippen LogP contribution >= 0.6 is 0 Å². The molecule has 1 unspecified atom stereocenters. The van der Waals surface area contributed by atoms with Crippen LogP contribution in [0.15, 0.2) is 30.7 Å². The van der Waals surface area contributed by atoms with Crippen LogP contribution in [-0.2, 0) is 16.6 Å². The molecule has 2 aromatic rings. The Kier molecular flexibility index (Phi) is 7.64. The van der Waals surface area contributed by atoms with Gasteiger partial charge in [0.2, 0.25) is 5.88 Å². The molecule has 2 aromatic heterocycles. The number of anilines is 1. The molecule has 1 amide bonds. The van der Waals surface area contributed by atoms with Crippen LogP contribution < -0.4 is 15.0 Å². The van der Waals surface area contributed by atoms with Crippen molar-refractivity contribution < 1.29 is 37.3 Å². The van der Waals surface area contributed by atoms with Crippen molar-refractivity contribution in [1.82, 2.24) is 19.9 Å². The first-order valence-corrected chi connectivity index (χ1v) is 10.5. The second-order valence-electron chi connectivity index (χ2n) is 8.03. The highest BCUT2D eigenvalue weighted by Gasteiger charge is 2.53. The maximum atomic E-state index is 12.2. The van der Waals surface area contributed by atoms with Gasteiger partial charge in [-0.2, -0.15) is 13.2 Å². The number of ether oxygens (including phenoxy) is 2. The van der Waals surface area contributed by atoms with Gasteiger partial charge >= 0.3 is 12.1 Å². The molecule has 0 bridgehead atoms. The number of aliphatic carboxylic acids is 1. The standard InChI is InChI=1S/C19H25N5O3.C2HF3O2/c1-23-8-3-4-15(23)18(25)20-7-5-14-6-9-27-19(14)11-24(12-19)16-10-17(26-2)22-13-21-16;3-2(4,5)1(6)7/h3-4,8,10,13-14H,5-7,9,11-12H2,1-2H3,(H,20,25);(H,6,7). The minimum atomic E-state index is -5.08. The van der Waals surface area contributed by atoms with Gasteiger partial charge in [0.05, 0.1) is 20.2 Å². The molecule has 186 valence electrons. The van der Waals surface area contributed by atoms with Crippen LogP contribution in [0, 0.1) is 5.92 Å². The fourth-order valence-electron chi connectivity index (χ4n) is 4.07. The van der Waals surface area contributed by atoms with Crippen molar-refractivity contribution in [2.24, 2.45) is 13.0 Å². The van der Waals surface area contributed by atoms with Crippen molar-refractivity contribution in [2.75, 3.05) is 38.3 Å². The molecule has 2 N–H and O–H groups in total. The van der Waals surface area contributed by atoms with Crippen LogP contribution in [0.25, 0.3) is 0 Å². The molecule has 2 aliphatic rings. The number of nitrogens with one attached hydrogen (secondary N) is 1. The van der Waals surface area contributed by atoms with Crippen LogP contribution in [0.2, 0.25) is 0 Å². The number of halogens is 3. The molecule has 4 heterocycles. The van der Waals surface area contributed by atoms with Gasteiger partial charge < -0.3 is 29.4 Å². The van der Waals surface area contributed by atoms with Crippen LogP contribution in [-0.4, -0.2) is 76.6 Å². The maximum absolute atomic E-state index is 12.2. The third-order valence-corrected chi connectivity index (χ3v) is 5.87. The van der Waals surface area contributed by atoms with Gasteiger partial charge in [0, 0.05) is 32.5 Å². The Balaban J connectivity index is 0.000000406. The summed E-state index contributed by atoms with van der Waals surface area (Å²) in [6.07, 6.45) is 0.253. The number of aryl methyl sites for hydroxylation is 1. The molecule has 4 rings (SSSR count). The van der Waals surface area contributed by atoms with E-state index in [1.807, 2.05) is 36.0 Å². The smallest absolute Gasteiger partial charge is 0.481 e. The quantitative estimate of drug-likeness (QED) is 0.637. The van der Waals surface area contributed by atoms with Gasteiger partial charge in [-0.15, -0.1) is 0 Å². The summed E-state index contributed by atoms with van der Waals surface area (Å²) in [7, 11) is 3.48. The second-order valence-corrected chi connectivity index (χ2v) is 8.03. The van der Waals surface area contributed by atoms with E-state index in [4.69, 9.17) is 19.4 Å².